The molecule has 19 heavy (non-hydrogen) atoms. The van der Waals surface area contributed by atoms with E-state index in [1.165, 1.54) is 0 Å². The van der Waals surface area contributed by atoms with Crippen molar-refractivity contribution in [1.82, 2.24) is 5.32 Å². The molecule has 1 aliphatic rings. The average Bonchev–Trinajstić information content (AvgIpc) is 2.33. The van der Waals surface area contributed by atoms with Crippen molar-refractivity contribution in [1.29, 1.82) is 0 Å². The summed E-state index contributed by atoms with van der Waals surface area (Å²) in [6.07, 6.45) is 1.48. The lowest BCUT2D eigenvalue weighted by atomic mass is 9.82. The Labute approximate surface area is 122 Å². The highest BCUT2D eigenvalue weighted by Crippen LogP contribution is 2.26. The van der Waals surface area contributed by atoms with Gasteiger partial charge < -0.3 is 10.4 Å². The standard InChI is InChI=1S/C14H18ClNO2S/c15-12-3-1-2-10(4-12)8-19-9-14(18)16-7-11-5-13(17)6-11/h1-4,11,13,17H,5-9H2,(H,16,18). The van der Waals surface area contributed by atoms with E-state index in [1.54, 1.807) is 11.8 Å². The number of aliphatic hydroxyl groups excluding tert-OH is 1. The predicted molar refractivity (Wildman–Crippen MR) is 79.4 cm³/mol. The van der Waals surface area contributed by atoms with E-state index in [9.17, 15) is 4.79 Å². The van der Waals surface area contributed by atoms with Gasteiger partial charge in [-0.15, -0.1) is 11.8 Å². The third-order valence-corrected chi connectivity index (χ3v) is 4.43. The molecule has 1 saturated carbocycles. The van der Waals surface area contributed by atoms with Crippen molar-refractivity contribution in [3.8, 4) is 0 Å². The lowest BCUT2D eigenvalue weighted by molar-refractivity contribution is -0.119. The Morgan fingerprint density at radius 2 is 2.26 bits per heavy atom. The minimum absolute atomic E-state index is 0.0633. The van der Waals surface area contributed by atoms with Gasteiger partial charge in [-0.05, 0) is 36.5 Å². The summed E-state index contributed by atoms with van der Waals surface area (Å²) < 4.78 is 0. The molecule has 0 unspecified atom stereocenters. The molecular weight excluding hydrogens is 282 g/mol. The number of nitrogens with one attached hydrogen (secondary N) is 1. The summed E-state index contributed by atoms with van der Waals surface area (Å²) in [5.74, 6) is 1.77. The predicted octanol–water partition coefficient (Wildman–Crippen LogP) is 2.46. The summed E-state index contributed by atoms with van der Waals surface area (Å²) in [4.78, 5) is 11.6. The van der Waals surface area contributed by atoms with Gasteiger partial charge in [0.1, 0.15) is 0 Å². The molecule has 1 aliphatic carbocycles. The Balaban J connectivity index is 1.58. The van der Waals surface area contributed by atoms with Crippen molar-refractivity contribution in [2.75, 3.05) is 12.3 Å². The molecule has 0 atom stereocenters. The van der Waals surface area contributed by atoms with Crippen LogP contribution >= 0.6 is 23.4 Å². The molecule has 0 bridgehead atoms. The van der Waals surface area contributed by atoms with Gasteiger partial charge in [0.25, 0.3) is 0 Å². The second kappa shape index (κ2) is 7.17. The minimum atomic E-state index is -0.154. The number of amides is 1. The Kier molecular flexibility index (Phi) is 5.55. The second-order valence-corrected chi connectivity index (χ2v) is 6.34. The molecule has 5 heteroatoms. The van der Waals surface area contributed by atoms with E-state index in [0.29, 0.717) is 18.2 Å². The highest BCUT2D eigenvalue weighted by molar-refractivity contribution is 7.99. The van der Waals surface area contributed by atoms with Gasteiger partial charge in [0.05, 0.1) is 11.9 Å². The van der Waals surface area contributed by atoms with Crippen molar-refractivity contribution in [2.24, 2.45) is 5.92 Å². The minimum Gasteiger partial charge on any atom is -0.393 e. The SMILES string of the molecule is O=C(CSCc1cccc(Cl)c1)NCC1CC(O)C1. The number of aliphatic hydroxyl groups is 1. The third-order valence-electron chi connectivity index (χ3n) is 3.19. The molecule has 1 fully saturated rings. The van der Waals surface area contributed by atoms with Crippen molar-refractivity contribution in [3.63, 3.8) is 0 Å². The van der Waals surface area contributed by atoms with Gasteiger partial charge in [-0.2, -0.15) is 0 Å². The zero-order valence-electron chi connectivity index (χ0n) is 10.6. The van der Waals surface area contributed by atoms with Crippen LogP contribution < -0.4 is 5.32 Å². The number of carbonyl (C=O) groups is 1. The van der Waals surface area contributed by atoms with E-state index in [-0.39, 0.29) is 12.0 Å². The molecule has 104 valence electrons. The van der Waals surface area contributed by atoms with Crippen LogP contribution in [0.1, 0.15) is 18.4 Å². The largest absolute Gasteiger partial charge is 0.393 e. The molecule has 2 N–H and O–H groups in total. The van der Waals surface area contributed by atoms with Crippen LogP contribution in [0.4, 0.5) is 0 Å². The Hall–Kier alpha value is -0.710. The summed E-state index contributed by atoms with van der Waals surface area (Å²) in [6, 6.07) is 7.68. The van der Waals surface area contributed by atoms with Crippen molar-refractivity contribution in [2.45, 2.75) is 24.7 Å². The monoisotopic (exact) mass is 299 g/mol. The third kappa shape index (κ3) is 5.05. The maximum absolute atomic E-state index is 11.6. The first-order chi connectivity index (χ1) is 9.13. The van der Waals surface area contributed by atoms with Crippen molar-refractivity contribution < 1.29 is 9.90 Å². The second-order valence-electron chi connectivity index (χ2n) is 4.92. The maximum Gasteiger partial charge on any atom is 0.230 e. The van der Waals surface area contributed by atoms with Gasteiger partial charge in [0.2, 0.25) is 5.91 Å². The zero-order chi connectivity index (χ0) is 13.7. The lowest BCUT2D eigenvalue weighted by Crippen LogP contribution is -2.39. The van der Waals surface area contributed by atoms with Crippen LogP contribution in [0.2, 0.25) is 5.02 Å². The Bertz CT molecular complexity index is 435. The quantitative estimate of drug-likeness (QED) is 0.848. The summed E-state index contributed by atoms with van der Waals surface area (Å²) >= 11 is 7.48. The van der Waals surface area contributed by atoms with Gasteiger partial charge in [-0.25, -0.2) is 0 Å². The van der Waals surface area contributed by atoms with E-state index in [2.05, 4.69) is 5.32 Å². The van der Waals surface area contributed by atoms with E-state index in [4.69, 9.17) is 16.7 Å². The molecule has 0 heterocycles. The first-order valence-electron chi connectivity index (χ1n) is 6.40. The van der Waals surface area contributed by atoms with Crippen LogP contribution in [0.25, 0.3) is 0 Å². The summed E-state index contributed by atoms with van der Waals surface area (Å²) in [5.41, 5.74) is 1.13. The number of rotatable bonds is 6. The number of hydrogen-bond donors (Lipinski definition) is 2. The van der Waals surface area contributed by atoms with Crippen LogP contribution in [-0.2, 0) is 10.5 Å². The van der Waals surface area contributed by atoms with E-state index >= 15 is 0 Å². The number of benzene rings is 1. The van der Waals surface area contributed by atoms with E-state index in [1.807, 2.05) is 24.3 Å². The molecule has 1 aromatic rings. The van der Waals surface area contributed by atoms with Gasteiger partial charge in [-0.3, -0.25) is 4.79 Å². The zero-order valence-corrected chi connectivity index (χ0v) is 12.2. The highest BCUT2D eigenvalue weighted by atomic mass is 35.5. The summed E-state index contributed by atoms with van der Waals surface area (Å²) in [7, 11) is 0. The maximum atomic E-state index is 11.6. The molecule has 1 aromatic carbocycles. The molecule has 3 nitrogen and oxygen atoms in total. The fourth-order valence-corrected chi connectivity index (χ4v) is 3.08. The molecule has 0 aromatic heterocycles. The Morgan fingerprint density at radius 1 is 1.47 bits per heavy atom. The van der Waals surface area contributed by atoms with Crippen LogP contribution in [0.5, 0.6) is 0 Å². The molecule has 0 radical (unpaired) electrons. The normalized spacial score (nSPS) is 21.8. The van der Waals surface area contributed by atoms with E-state index in [0.717, 1.165) is 29.2 Å². The Morgan fingerprint density at radius 3 is 2.95 bits per heavy atom. The van der Waals surface area contributed by atoms with Gasteiger partial charge in [-0.1, -0.05) is 23.7 Å². The topological polar surface area (TPSA) is 49.3 Å². The average molecular weight is 300 g/mol. The fraction of sp³-hybridized carbons (Fsp3) is 0.500. The molecule has 0 aliphatic heterocycles. The first kappa shape index (κ1) is 14.7. The van der Waals surface area contributed by atoms with Gasteiger partial charge >= 0.3 is 0 Å². The molecule has 2 rings (SSSR count). The number of halogens is 1. The summed E-state index contributed by atoms with van der Waals surface area (Å²) in [5, 5.41) is 12.8. The molecule has 0 saturated heterocycles. The van der Waals surface area contributed by atoms with Crippen LogP contribution in [0, 0.1) is 5.92 Å². The lowest BCUT2D eigenvalue weighted by Gasteiger charge is -2.31. The van der Waals surface area contributed by atoms with Crippen molar-refractivity contribution >= 4 is 29.3 Å². The van der Waals surface area contributed by atoms with Gasteiger partial charge in [0, 0.05) is 17.3 Å². The molecule has 0 spiro atoms. The number of thioether (sulfide) groups is 1. The van der Waals surface area contributed by atoms with Crippen LogP contribution in [-0.4, -0.2) is 29.4 Å². The van der Waals surface area contributed by atoms with Crippen LogP contribution in [0.15, 0.2) is 24.3 Å². The number of hydrogen-bond acceptors (Lipinski definition) is 3. The highest BCUT2D eigenvalue weighted by Gasteiger charge is 2.26. The fourth-order valence-electron chi connectivity index (χ4n) is 2.06. The molecule has 1 amide bonds. The van der Waals surface area contributed by atoms with Crippen molar-refractivity contribution in [3.05, 3.63) is 34.9 Å². The van der Waals surface area contributed by atoms with Gasteiger partial charge in [0.15, 0.2) is 0 Å². The smallest absolute Gasteiger partial charge is 0.230 e. The first-order valence-corrected chi connectivity index (χ1v) is 7.93. The van der Waals surface area contributed by atoms with Crippen LogP contribution in [0.3, 0.4) is 0 Å². The number of carbonyl (C=O) groups excluding carboxylic acids is 1. The molecular formula is C14H18ClNO2S. The summed E-state index contributed by atoms with van der Waals surface area (Å²) in [6.45, 7) is 0.688. The van der Waals surface area contributed by atoms with E-state index < -0.39 is 0 Å².